The van der Waals surface area contributed by atoms with Crippen LogP contribution in [0.4, 0.5) is 5.69 Å². The van der Waals surface area contributed by atoms with Crippen molar-refractivity contribution >= 4 is 15.7 Å². The number of aliphatic hydroxyl groups is 1. The van der Waals surface area contributed by atoms with Gasteiger partial charge in [-0.1, -0.05) is 6.07 Å². The van der Waals surface area contributed by atoms with Gasteiger partial charge in [0, 0.05) is 32.7 Å². The number of aliphatic hydroxyl groups excluding tert-OH is 1. The Bertz CT molecular complexity index is 554. The van der Waals surface area contributed by atoms with Crippen LogP contribution >= 0.6 is 0 Å². The Morgan fingerprint density at radius 2 is 2.05 bits per heavy atom. The van der Waals surface area contributed by atoms with Crippen LogP contribution in [0, 0.1) is 6.92 Å². The Morgan fingerprint density at radius 3 is 2.70 bits per heavy atom. The summed E-state index contributed by atoms with van der Waals surface area (Å²) in [6.07, 6.45) is 0. The van der Waals surface area contributed by atoms with Crippen LogP contribution in [0.15, 0.2) is 23.1 Å². The van der Waals surface area contributed by atoms with E-state index in [0.29, 0.717) is 38.4 Å². The summed E-state index contributed by atoms with van der Waals surface area (Å²) < 4.78 is 26.9. The lowest BCUT2D eigenvalue weighted by molar-refractivity contribution is 0.311. The highest BCUT2D eigenvalue weighted by molar-refractivity contribution is 7.89. The molecular weight excluding hydrogens is 278 g/mol. The van der Waals surface area contributed by atoms with E-state index in [1.54, 1.807) is 18.2 Å². The van der Waals surface area contributed by atoms with Gasteiger partial charge in [0.15, 0.2) is 0 Å². The average molecular weight is 299 g/mol. The Labute approximate surface area is 119 Å². The van der Waals surface area contributed by atoms with Crippen molar-refractivity contribution < 1.29 is 13.5 Å². The maximum Gasteiger partial charge on any atom is 0.245 e. The zero-order chi connectivity index (χ0) is 14.6. The first kappa shape index (κ1) is 15.2. The minimum Gasteiger partial charge on any atom is -0.395 e. The third kappa shape index (κ3) is 3.29. The van der Waals surface area contributed by atoms with Gasteiger partial charge in [0.05, 0.1) is 12.3 Å². The normalized spacial score (nSPS) is 17.1. The van der Waals surface area contributed by atoms with Gasteiger partial charge >= 0.3 is 0 Å². The van der Waals surface area contributed by atoms with E-state index in [-0.39, 0.29) is 11.5 Å². The van der Waals surface area contributed by atoms with Crippen LogP contribution in [-0.4, -0.2) is 57.2 Å². The highest BCUT2D eigenvalue weighted by atomic mass is 32.2. The standard InChI is InChI=1S/C13H21N3O3S/c1-11-2-3-13(12(10-11)15-6-9-17)20(18,19)16-7-4-14-5-8-16/h2-3,10,14-15,17H,4-9H2,1H3. The third-order valence-electron chi connectivity index (χ3n) is 3.26. The Balaban J connectivity index is 2.34. The van der Waals surface area contributed by atoms with Crippen LogP contribution in [0.3, 0.4) is 0 Å². The first-order valence-electron chi connectivity index (χ1n) is 6.72. The van der Waals surface area contributed by atoms with Crippen molar-refractivity contribution in [3.8, 4) is 0 Å². The van der Waals surface area contributed by atoms with Crippen molar-refractivity contribution in [3.63, 3.8) is 0 Å². The molecule has 1 aromatic carbocycles. The summed E-state index contributed by atoms with van der Waals surface area (Å²) in [6.45, 7) is 4.50. The molecule has 0 radical (unpaired) electrons. The molecule has 0 unspecified atom stereocenters. The fourth-order valence-corrected chi connectivity index (χ4v) is 3.81. The first-order chi connectivity index (χ1) is 9.55. The maximum absolute atomic E-state index is 12.7. The van der Waals surface area contributed by atoms with Crippen molar-refractivity contribution in [2.45, 2.75) is 11.8 Å². The van der Waals surface area contributed by atoms with Crippen LogP contribution < -0.4 is 10.6 Å². The molecule has 0 spiro atoms. The molecular formula is C13H21N3O3S. The molecule has 0 bridgehead atoms. The van der Waals surface area contributed by atoms with E-state index in [2.05, 4.69) is 10.6 Å². The maximum atomic E-state index is 12.7. The van der Waals surface area contributed by atoms with Gasteiger partial charge in [-0.25, -0.2) is 8.42 Å². The lowest BCUT2D eigenvalue weighted by atomic mass is 10.2. The molecule has 0 aromatic heterocycles. The molecule has 1 aromatic rings. The van der Waals surface area contributed by atoms with Gasteiger partial charge in [0.1, 0.15) is 4.90 Å². The van der Waals surface area contributed by atoms with Crippen LogP contribution in [-0.2, 0) is 10.0 Å². The minimum atomic E-state index is -3.49. The fraction of sp³-hybridized carbons (Fsp3) is 0.538. The van der Waals surface area contributed by atoms with Crippen molar-refractivity contribution in [3.05, 3.63) is 23.8 Å². The average Bonchev–Trinajstić information content (AvgIpc) is 2.46. The smallest absolute Gasteiger partial charge is 0.245 e. The van der Waals surface area contributed by atoms with Gasteiger partial charge < -0.3 is 15.7 Å². The van der Waals surface area contributed by atoms with Gasteiger partial charge in [-0.15, -0.1) is 0 Å². The molecule has 3 N–H and O–H groups in total. The van der Waals surface area contributed by atoms with Crippen molar-refractivity contribution in [1.29, 1.82) is 0 Å². The molecule has 0 saturated carbocycles. The van der Waals surface area contributed by atoms with E-state index in [9.17, 15) is 8.42 Å². The van der Waals surface area contributed by atoms with Gasteiger partial charge in [0.25, 0.3) is 0 Å². The fourth-order valence-electron chi connectivity index (χ4n) is 2.22. The molecule has 0 atom stereocenters. The van der Waals surface area contributed by atoms with Gasteiger partial charge in [-0.05, 0) is 24.6 Å². The van der Waals surface area contributed by atoms with E-state index < -0.39 is 10.0 Å². The predicted molar refractivity (Wildman–Crippen MR) is 78.4 cm³/mol. The second-order valence-corrected chi connectivity index (χ2v) is 6.71. The quantitative estimate of drug-likeness (QED) is 0.712. The lowest BCUT2D eigenvalue weighted by Crippen LogP contribution is -2.46. The molecule has 1 aliphatic heterocycles. The highest BCUT2D eigenvalue weighted by Gasteiger charge is 2.28. The summed E-state index contributed by atoms with van der Waals surface area (Å²) in [5.74, 6) is 0. The van der Waals surface area contributed by atoms with Crippen LogP contribution in [0.25, 0.3) is 0 Å². The third-order valence-corrected chi connectivity index (χ3v) is 5.21. The second-order valence-electron chi connectivity index (χ2n) is 4.80. The molecule has 7 heteroatoms. The predicted octanol–water partition coefficient (Wildman–Crippen LogP) is -0.00688. The van der Waals surface area contributed by atoms with E-state index in [1.165, 1.54) is 4.31 Å². The molecule has 1 heterocycles. The number of nitrogens with zero attached hydrogens (tertiary/aromatic N) is 1. The number of hydrogen-bond donors (Lipinski definition) is 3. The Hall–Kier alpha value is -1.15. The van der Waals surface area contributed by atoms with Gasteiger partial charge in [-0.2, -0.15) is 4.31 Å². The molecule has 0 amide bonds. The van der Waals surface area contributed by atoms with E-state index in [0.717, 1.165) is 5.56 Å². The molecule has 112 valence electrons. The molecule has 2 rings (SSSR count). The number of sulfonamides is 1. The summed E-state index contributed by atoms with van der Waals surface area (Å²) in [6, 6.07) is 5.22. The van der Waals surface area contributed by atoms with Gasteiger partial charge in [-0.3, -0.25) is 0 Å². The molecule has 1 saturated heterocycles. The topological polar surface area (TPSA) is 81.7 Å². The van der Waals surface area contributed by atoms with Crippen molar-refractivity contribution in [1.82, 2.24) is 9.62 Å². The number of piperazine rings is 1. The molecule has 20 heavy (non-hydrogen) atoms. The summed E-state index contributed by atoms with van der Waals surface area (Å²) in [4.78, 5) is 0.276. The second kappa shape index (κ2) is 6.53. The summed E-state index contributed by atoms with van der Waals surface area (Å²) in [7, 11) is -3.49. The largest absolute Gasteiger partial charge is 0.395 e. The molecule has 0 aliphatic carbocycles. The SMILES string of the molecule is Cc1ccc(S(=O)(=O)N2CCNCC2)c(NCCO)c1. The van der Waals surface area contributed by atoms with Crippen LogP contribution in [0.2, 0.25) is 0 Å². The number of hydrogen-bond acceptors (Lipinski definition) is 5. The molecule has 1 aliphatic rings. The summed E-state index contributed by atoms with van der Waals surface area (Å²) in [5.41, 5.74) is 1.53. The lowest BCUT2D eigenvalue weighted by Gasteiger charge is -2.27. The zero-order valence-electron chi connectivity index (χ0n) is 11.6. The molecule has 6 nitrogen and oxygen atoms in total. The van der Waals surface area contributed by atoms with E-state index in [4.69, 9.17) is 5.11 Å². The minimum absolute atomic E-state index is 0.0406. The monoisotopic (exact) mass is 299 g/mol. The van der Waals surface area contributed by atoms with Crippen molar-refractivity contribution in [2.75, 3.05) is 44.6 Å². The Kier molecular flexibility index (Phi) is 4.98. The van der Waals surface area contributed by atoms with Gasteiger partial charge in [0.2, 0.25) is 10.0 Å². The first-order valence-corrected chi connectivity index (χ1v) is 8.16. The Morgan fingerprint density at radius 1 is 1.35 bits per heavy atom. The molecule has 1 fully saturated rings. The van der Waals surface area contributed by atoms with E-state index in [1.807, 2.05) is 6.92 Å². The zero-order valence-corrected chi connectivity index (χ0v) is 12.4. The number of rotatable bonds is 5. The van der Waals surface area contributed by atoms with Crippen LogP contribution in [0.5, 0.6) is 0 Å². The number of anilines is 1. The highest BCUT2D eigenvalue weighted by Crippen LogP contribution is 2.26. The van der Waals surface area contributed by atoms with Crippen LogP contribution in [0.1, 0.15) is 5.56 Å². The summed E-state index contributed by atoms with van der Waals surface area (Å²) in [5, 5.41) is 15.0. The number of benzene rings is 1. The summed E-state index contributed by atoms with van der Waals surface area (Å²) >= 11 is 0. The van der Waals surface area contributed by atoms with Crippen molar-refractivity contribution in [2.24, 2.45) is 0 Å². The van der Waals surface area contributed by atoms with E-state index >= 15 is 0 Å². The number of aryl methyl sites for hydroxylation is 1. The number of nitrogens with one attached hydrogen (secondary N) is 2.